The first-order valence-electron chi connectivity index (χ1n) is 7.00. The Morgan fingerprint density at radius 3 is 2.81 bits per heavy atom. The average Bonchev–Trinajstić information content (AvgIpc) is 2.46. The highest BCUT2D eigenvalue weighted by atomic mass is 16.6. The maximum absolute atomic E-state index is 11.0. The van der Waals surface area contributed by atoms with Gasteiger partial charge in [0.05, 0.1) is 4.92 Å². The van der Waals surface area contributed by atoms with Crippen LogP contribution < -0.4 is 5.32 Å². The minimum atomic E-state index is -0.393. The van der Waals surface area contributed by atoms with Crippen molar-refractivity contribution in [3.05, 3.63) is 40.6 Å². The van der Waals surface area contributed by atoms with Gasteiger partial charge in [-0.3, -0.25) is 10.1 Å². The molecular weight excluding hydrogens is 268 g/mol. The number of nitrogens with zero attached hydrogens (tertiary/aromatic N) is 3. The molecule has 0 spiro atoms. The summed E-state index contributed by atoms with van der Waals surface area (Å²) in [4.78, 5) is 16.9. The van der Waals surface area contributed by atoms with E-state index in [9.17, 15) is 10.1 Å². The summed E-state index contributed by atoms with van der Waals surface area (Å²) in [6.45, 7) is 1.90. The molecule has 1 heterocycles. The van der Waals surface area contributed by atoms with Gasteiger partial charge >= 0.3 is 0 Å². The average molecular weight is 288 g/mol. The Balaban J connectivity index is 2.11. The number of unbranched alkanes of at least 4 members (excludes halogenated alkanes) is 1. The summed E-state index contributed by atoms with van der Waals surface area (Å²) in [5.74, 6) is 0. The highest BCUT2D eigenvalue weighted by Gasteiger charge is 2.14. The second kappa shape index (κ2) is 6.99. The van der Waals surface area contributed by atoms with E-state index < -0.39 is 4.92 Å². The van der Waals surface area contributed by atoms with Crippen LogP contribution in [0.4, 0.5) is 11.4 Å². The van der Waals surface area contributed by atoms with Gasteiger partial charge in [0.2, 0.25) is 0 Å². The van der Waals surface area contributed by atoms with Gasteiger partial charge in [-0.2, -0.15) is 0 Å². The number of nitro groups is 1. The van der Waals surface area contributed by atoms with E-state index in [0.717, 1.165) is 37.0 Å². The molecule has 0 radical (unpaired) electrons. The number of pyridine rings is 1. The summed E-state index contributed by atoms with van der Waals surface area (Å²) >= 11 is 0. The number of rotatable bonds is 7. The normalized spacial score (nSPS) is 11.0. The molecule has 6 nitrogen and oxygen atoms in total. The van der Waals surface area contributed by atoms with E-state index >= 15 is 0 Å². The number of hydrogen-bond acceptors (Lipinski definition) is 5. The number of aromatic nitrogens is 1. The Kier molecular flexibility index (Phi) is 5.05. The lowest BCUT2D eigenvalue weighted by atomic mass is 10.1. The van der Waals surface area contributed by atoms with Crippen molar-refractivity contribution in [2.45, 2.75) is 12.8 Å². The summed E-state index contributed by atoms with van der Waals surface area (Å²) in [6.07, 6.45) is 3.75. The number of non-ortho nitro benzene ring substituents is 1. The summed E-state index contributed by atoms with van der Waals surface area (Å²) in [7, 11) is 4.12. The van der Waals surface area contributed by atoms with Gasteiger partial charge in [-0.1, -0.05) is 0 Å². The lowest BCUT2D eigenvalue weighted by molar-refractivity contribution is -0.383. The third-order valence-electron chi connectivity index (χ3n) is 3.29. The fraction of sp³-hybridized carbons (Fsp3) is 0.400. The third-order valence-corrected chi connectivity index (χ3v) is 3.29. The molecule has 1 aromatic heterocycles. The van der Waals surface area contributed by atoms with Crippen molar-refractivity contribution < 1.29 is 4.92 Å². The molecule has 0 unspecified atom stereocenters. The van der Waals surface area contributed by atoms with E-state index in [0.29, 0.717) is 5.52 Å². The largest absolute Gasteiger partial charge is 0.384 e. The third kappa shape index (κ3) is 3.88. The smallest absolute Gasteiger partial charge is 0.295 e. The molecule has 0 bridgehead atoms. The predicted octanol–water partition coefficient (Wildman–Crippen LogP) is 2.90. The fourth-order valence-electron chi connectivity index (χ4n) is 2.24. The van der Waals surface area contributed by atoms with Gasteiger partial charge in [0.25, 0.3) is 5.69 Å². The molecule has 2 rings (SSSR count). The maximum Gasteiger partial charge on any atom is 0.295 e. The van der Waals surface area contributed by atoms with E-state index in [1.165, 1.54) is 6.07 Å². The van der Waals surface area contributed by atoms with Crippen molar-refractivity contribution >= 4 is 22.3 Å². The Labute approximate surface area is 123 Å². The van der Waals surface area contributed by atoms with Crippen molar-refractivity contribution in [1.82, 2.24) is 9.88 Å². The second-order valence-corrected chi connectivity index (χ2v) is 5.23. The van der Waals surface area contributed by atoms with Crippen LogP contribution in [-0.2, 0) is 0 Å². The summed E-state index contributed by atoms with van der Waals surface area (Å²) in [6, 6.07) is 6.92. The predicted molar refractivity (Wildman–Crippen MR) is 84.7 cm³/mol. The van der Waals surface area contributed by atoms with Crippen LogP contribution in [0.2, 0.25) is 0 Å². The lowest BCUT2D eigenvalue weighted by Gasteiger charge is -2.11. The minimum Gasteiger partial charge on any atom is -0.384 e. The first kappa shape index (κ1) is 15.2. The summed E-state index contributed by atoms with van der Waals surface area (Å²) in [5, 5.41) is 15.2. The number of nitro benzene ring substituents is 1. The number of benzene rings is 1. The number of fused-ring (bicyclic) bond motifs is 1. The van der Waals surface area contributed by atoms with E-state index in [-0.39, 0.29) is 5.69 Å². The molecule has 0 aliphatic carbocycles. The van der Waals surface area contributed by atoms with Crippen LogP contribution >= 0.6 is 0 Å². The summed E-state index contributed by atoms with van der Waals surface area (Å²) in [5.41, 5.74) is 1.37. The molecule has 0 aliphatic rings. The van der Waals surface area contributed by atoms with Gasteiger partial charge in [0, 0.05) is 29.9 Å². The van der Waals surface area contributed by atoms with Gasteiger partial charge in [-0.15, -0.1) is 0 Å². The van der Waals surface area contributed by atoms with Crippen molar-refractivity contribution in [3.8, 4) is 0 Å². The molecule has 1 aromatic carbocycles. The zero-order valence-electron chi connectivity index (χ0n) is 12.4. The van der Waals surface area contributed by atoms with Crippen LogP contribution in [0.25, 0.3) is 10.9 Å². The molecular formula is C15H20N4O2. The fourth-order valence-corrected chi connectivity index (χ4v) is 2.24. The molecule has 21 heavy (non-hydrogen) atoms. The molecule has 0 amide bonds. The monoisotopic (exact) mass is 288 g/mol. The highest BCUT2D eigenvalue weighted by Crippen LogP contribution is 2.29. The Hall–Kier alpha value is -2.21. The molecule has 0 atom stereocenters. The Bertz CT molecular complexity index is 628. The maximum atomic E-state index is 11.0. The van der Waals surface area contributed by atoms with Crippen LogP contribution in [0.1, 0.15) is 12.8 Å². The van der Waals surface area contributed by atoms with Crippen molar-refractivity contribution in [2.24, 2.45) is 0 Å². The first-order valence-corrected chi connectivity index (χ1v) is 7.00. The van der Waals surface area contributed by atoms with Crippen LogP contribution in [0.5, 0.6) is 0 Å². The summed E-state index contributed by atoms with van der Waals surface area (Å²) < 4.78 is 0. The first-order chi connectivity index (χ1) is 10.1. The minimum absolute atomic E-state index is 0.0451. The Morgan fingerprint density at radius 1 is 1.29 bits per heavy atom. The zero-order valence-corrected chi connectivity index (χ0v) is 12.4. The standard InChI is InChI=1S/C15H20N4O2/c1-18(2)11-4-3-9-16-13-7-8-14(19(20)21)15-12(13)6-5-10-17-15/h5-8,10,16H,3-4,9,11H2,1-2H3. The molecule has 0 saturated heterocycles. The van der Waals surface area contributed by atoms with Crippen molar-refractivity contribution in [2.75, 3.05) is 32.5 Å². The van der Waals surface area contributed by atoms with Crippen LogP contribution in [0, 0.1) is 10.1 Å². The molecule has 2 aromatic rings. The number of anilines is 1. The van der Waals surface area contributed by atoms with E-state index in [1.807, 2.05) is 6.07 Å². The van der Waals surface area contributed by atoms with Crippen LogP contribution in [0.15, 0.2) is 30.5 Å². The van der Waals surface area contributed by atoms with Gasteiger partial charge in [0.1, 0.15) is 5.52 Å². The number of nitrogens with one attached hydrogen (secondary N) is 1. The quantitative estimate of drug-likeness (QED) is 0.482. The lowest BCUT2D eigenvalue weighted by Crippen LogP contribution is -2.14. The van der Waals surface area contributed by atoms with Crippen molar-refractivity contribution in [1.29, 1.82) is 0 Å². The van der Waals surface area contributed by atoms with Gasteiger partial charge in [0.15, 0.2) is 0 Å². The van der Waals surface area contributed by atoms with E-state index in [2.05, 4.69) is 29.3 Å². The second-order valence-electron chi connectivity index (χ2n) is 5.23. The van der Waals surface area contributed by atoms with Gasteiger partial charge in [-0.05, 0) is 51.7 Å². The van der Waals surface area contributed by atoms with Gasteiger partial charge in [-0.25, -0.2) is 4.98 Å². The molecule has 0 aliphatic heterocycles. The van der Waals surface area contributed by atoms with Crippen LogP contribution in [-0.4, -0.2) is 42.0 Å². The molecule has 0 fully saturated rings. The molecule has 6 heteroatoms. The van der Waals surface area contributed by atoms with E-state index in [1.54, 1.807) is 18.3 Å². The highest BCUT2D eigenvalue weighted by molar-refractivity contribution is 5.96. The number of hydrogen-bond donors (Lipinski definition) is 1. The van der Waals surface area contributed by atoms with Crippen molar-refractivity contribution in [3.63, 3.8) is 0 Å². The SMILES string of the molecule is CN(C)CCCCNc1ccc([N+](=O)[O-])c2ncccc12. The molecule has 1 N–H and O–H groups in total. The topological polar surface area (TPSA) is 71.3 Å². The van der Waals surface area contributed by atoms with Crippen LogP contribution in [0.3, 0.4) is 0 Å². The molecule has 112 valence electrons. The molecule has 0 saturated carbocycles. The van der Waals surface area contributed by atoms with E-state index in [4.69, 9.17) is 0 Å². The Morgan fingerprint density at radius 2 is 2.10 bits per heavy atom. The zero-order chi connectivity index (χ0) is 15.2. The van der Waals surface area contributed by atoms with Gasteiger partial charge < -0.3 is 10.2 Å².